The second-order valence-electron chi connectivity index (χ2n) is 7.12. The molecule has 32 heavy (non-hydrogen) atoms. The van der Waals surface area contributed by atoms with Gasteiger partial charge >= 0.3 is 6.18 Å². The molecule has 1 heterocycles. The zero-order valence-corrected chi connectivity index (χ0v) is 18.7. The van der Waals surface area contributed by atoms with Crippen LogP contribution in [-0.4, -0.2) is 33.7 Å². The third-order valence-electron chi connectivity index (χ3n) is 4.67. The Balaban J connectivity index is 1.75. The summed E-state index contributed by atoms with van der Waals surface area (Å²) in [6, 6.07) is 11.8. The Morgan fingerprint density at radius 2 is 1.94 bits per heavy atom. The molecule has 0 bridgehead atoms. The van der Waals surface area contributed by atoms with E-state index in [-0.39, 0.29) is 23.0 Å². The summed E-state index contributed by atoms with van der Waals surface area (Å²) in [5.74, 6) is -0.850. The number of aliphatic imine (C=N–C) groups is 1. The normalized spacial score (nSPS) is 17.8. The van der Waals surface area contributed by atoms with Crippen molar-refractivity contribution in [2.75, 3.05) is 11.9 Å². The van der Waals surface area contributed by atoms with Gasteiger partial charge in [0, 0.05) is 13.0 Å². The molecule has 0 unspecified atom stereocenters. The lowest BCUT2D eigenvalue weighted by molar-refractivity contribution is -0.137. The van der Waals surface area contributed by atoms with Crippen molar-refractivity contribution in [2.45, 2.75) is 37.6 Å². The highest BCUT2D eigenvalue weighted by Gasteiger charge is 2.39. The van der Waals surface area contributed by atoms with Crippen molar-refractivity contribution >= 4 is 51.7 Å². The monoisotopic (exact) mass is 483 g/mol. The van der Waals surface area contributed by atoms with Crippen LogP contribution in [0.5, 0.6) is 0 Å². The number of halogens is 4. The Morgan fingerprint density at radius 3 is 2.59 bits per heavy atom. The molecule has 1 N–H and O–H groups in total. The number of para-hydroxylation sites is 1. The lowest BCUT2D eigenvalue weighted by atomic mass is 10.2. The summed E-state index contributed by atoms with van der Waals surface area (Å²) in [6.07, 6.45) is -3.12. The second-order valence-corrected chi connectivity index (χ2v) is 8.70. The van der Waals surface area contributed by atoms with Gasteiger partial charge in [0.05, 0.1) is 22.0 Å². The molecule has 1 saturated heterocycles. The second kappa shape index (κ2) is 10.4. The first-order valence-corrected chi connectivity index (χ1v) is 11.2. The highest BCUT2D eigenvalue weighted by atomic mass is 35.5. The molecular formula is C22H21ClF3N3O2S. The van der Waals surface area contributed by atoms with Crippen LogP contribution in [0.2, 0.25) is 5.02 Å². The van der Waals surface area contributed by atoms with Crippen LogP contribution < -0.4 is 5.32 Å². The van der Waals surface area contributed by atoms with Gasteiger partial charge in [0.15, 0.2) is 5.17 Å². The molecule has 0 saturated carbocycles. The molecular weight excluding hydrogens is 463 g/mol. The fourth-order valence-electron chi connectivity index (χ4n) is 3.03. The first-order chi connectivity index (χ1) is 15.2. The van der Waals surface area contributed by atoms with Crippen molar-refractivity contribution in [3.8, 4) is 0 Å². The summed E-state index contributed by atoms with van der Waals surface area (Å²) >= 11 is 7.12. The van der Waals surface area contributed by atoms with Crippen LogP contribution in [-0.2, 0) is 15.8 Å². The fraction of sp³-hybridized carbons (Fsp3) is 0.318. The van der Waals surface area contributed by atoms with Crippen molar-refractivity contribution in [1.82, 2.24) is 4.90 Å². The van der Waals surface area contributed by atoms with Gasteiger partial charge in [-0.2, -0.15) is 13.2 Å². The summed E-state index contributed by atoms with van der Waals surface area (Å²) in [5, 5.41) is 2.16. The summed E-state index contributed by atoms with van der Waals surface area (Å²) in [4.78, 5) is 31.6. The Morgan fingerprint density at radius 1 is 1.22 bits per heavy atom. The van der Waals surface area contributed by atoms with Crippen LogP contribution >= 0.6 is 23.4 Å². The number of anilines is 1. The number of rotatable bonds is 7. The molecule has 1 aliphatic heterocycles. The van der Waals surface area contributed by atoms with Crippen LogP contribution in [0.15, 0.2) is 53.5 Å². The quantitative estimate of drug-likeness (QED) is 0.516. The van der Waals surface area contributed by atoms with Crippen LogP contribution in [0.3, 0.4) is 0 Å². The number of amidine groups is 1. The van der Waals surface area contributed by atoms with Crippen molar-refractivity contribution < 1.29 is 22.8 Å². The third kappa shape index (κ3) is 6.04. The van der Waals surface area contributed by atoms with E-state index in [2.05, 4.69) is 10.3 Å². The number of hydrogen-bond donors (Lipinski definition) is 1. The number of thioether (sulfide) groups is 1. The minimum atomic E-state index is -4.57. The zero-order chi connectivity index (χ0) is 23.3. The Kier molecular flexibility index (Phi) is 7.84. The lowest BCUT2D eigenvalue weighted by Crippen LogP contribution is -2.34. The minimum Gasteiger partial charge on any atom is -0.325 e. The van der Waals surface area contributed by atoms with Crippen molar-refractivity contribution in [3.63, 3.8) is 0 Å². The number of carbonyl (C=O) groups excluding carboxylic acids is 2. The number of nitrogens with zero attached hydrogens (tertiary/aromatic N) is 2. The number of amides is 2. The third-order valence-corrected chi connectivity index (χ3v) is 6.18. The number of hydrogen-bond acceptors (Lipinski definition) is 4. The fourth-order valence-corrected chi connectivity index (χ4v) is 4.38. The maximum absolute atomic E-state index is 13.0. The van der Waals surface area contributed by atoms with Gasteiger partial charge in [0.2, 0.25) is 11.8 Å². The maximum Gasteiger partial charge on any atom is 0.416 e. The lowest BCUT2D eigenvalue weighted by Gasteiger charge is -2.16. The number of unbranched alkanes of at least 4 members (excludes halogenated alkanes) is 1. The molecule has 5 nitrogen and oxygen atoms in total. The van der Waals surface area contributed by atoms with Gasteiger partial charge < -0.3 is 5.32 Å². The van der Waals surface area contributed by atoms with E-state index in [9.17, 15) is 22.8 Å². The van der Waals surface area contributed by atoms with E-state index in [4.69, 9.17) is 11.6 Å². The Labute approximate surface area is 193 Å². The molecule has 3 rings (SSSR count). The van der Waals surface area contributed by atoms with Crippen LogP contribution in [0.1, 0.15) is 31.7 Å². The Hall–Kier alpha value is -2.52. The highest BCUT2D eigenvalue weighted by molar-refractivity contribution is 8.15. The highest BCUT2D eigenvalue weighted by Crippen LogP contribution is 2.35. The summed E-state index contributed by atoms with van der Waals surface area (Å²) < 4.78 is 38.9. The van der Waals surface area contributed by atoms with Crippen LogP contribution in [0, 0.1) is 0 Å². The zero-order valence-electron chi connectivity index (χ0n) is 17.2. The summed E-state index contributed by atoms with van der Waals surface area (Å²) in [6.45, 7) is 2.48. The molecule has 0 aromatic heterocycles. The first kappa shape index (κ1) is 24.1. The predicted molar refractivity (Wildman–Crippen MR) is 121 cm³/mol. The standard InChI is InChI=1S/C22H21ClF3N3O2S/c1-2-3-11-29-20(31)18(32-21(29)27-15-7-5-4-6-8-15)13-19(30)28-17-12-14(22(24,25)26)9-10-16(17)23/h4-10,12,18H,2-3,11,13H2,1H3,(H,28,30)/t18-/m1/s1. The average molecular weight is 484 g/mol. The number of benzene rings is 2. The van der Waals surface area contributed by atoms with E-state index in [1.807, 2.05) is 37.3 Å². The van der Waals surface area contributed by atoms with Gasteiger partial charge in [-0.25, -0.2) is 4.99 Å². The van der Waals surface area contributed by atoms with Gasteiger partial charge in [-0.05, 0) is 36.8 Å². The molecule has 2 amide bonds. The summed E-state index contributed by atoms with van der Waals surface area (Å²) in [7, 11) is 0. The van der Waals surface area contributed by atoms with Gasteiger partial charge in [-0.3, -0.25) is 14.5 Å². The van der Waals surface area contributed by atoms with Crippen LogP contribution in [0.25, 0.3) is 0 Å². The largest absolute Gasteiger partial charge is 0.416 e. The van der Waals surface area contributed by atoms with Gasteiger partial charge in [0.1, 0.15) is 5.25 Å². The molecule has 0 radical (unpaired) electrons. The average Bonchev–Trinajstić information content (AvgIpc) is 3.02. The predicted octanol–water partition coefficient (Wildman–Crippen LogP) is 6.12. The van der Waals surface area contributed by atoms with E-state index in [1.165, 1.54) is 11.8 Å². The molecule has 170 valence electrons. The molecule has 2 aromatic rings. The van der Waals surface area contributed by atoms with Crippen molar-refractivity contribution in [1.29, 1.82) is 0 Å². The van der Waals surface area contributed by atoms with E-state index >= 15 is 0 Å². The molecule has 1 fully saturated rings. The van der Waals surface area contributed by atoms with E-state index < -0.39 is 22.9 Å². The molecule has 2 aromatic carbocycles. The Bertz CT molecular complexity index is 1020. The SMILES string of the molecule is CCCCN1C(=O)[C@@H](CC(=O)Nc2cc(C(F)(F)F)ccc2Cl)SC1=Nc1ccccc1. The number of nitrogens with one attached hydrogen (secondary N) is 1. The van der Waals surface area contributed by atoms with Crippen molar-refractivity contribution in [3.05, 3.63) is 59.1 Å². The van der Waals surface area contributed by atoms with E-state index in [1.54, 1.807) is 4.90 Å². The summed E-state index contributed by atoms with van der Waals surface area (Å²) in [5.41, 5.74) is -0.389. The number of carbonyl (C=O) groups is 2. The van der Waals surface area contributed by atoms with Gasteiger partial charge in [-0.15, -0.1) is 0 Å². The van der Waals surface area contributed by atoms with Gasteiger partial charge in [-0.1, -0.05) is 54.9 Å². The van der Waals surface area contributed by atoms with Crippen LogP contribution in [0.4, 0.5) is 24.5 Å². The first-order valence-electron chi connectivity index (χ1n) is 9.97. The van der Waals surface area contributed by atoms with E-state index in [0.717, 1.165) is 31.0 Å². The van der Waals surface area contributed by atoms with Crippen molar-refractivity contribution in [2.24, 2.45) is 4.99 Å². The molecule has 0 aliphatic carbocycles. The molecule has 10 heteroatoms. The smallest absolute Gasteiger partial charge is 0.325 e. The van der Waals surface area contributed by atoms with Gasteiger partial charge in [0.25, 0.3) is 0 Å². The molecule has 1 atom stereocenters. The maximum atomic E-state index is 13.0. The minimum absolute atomic E-state index is 0.0207. The topological polar surface area (TPSA) is 61.8 Å². The molecule has 1 aliphatic rings. The molecule has 0 spiro atoms. The van der Waals surface area contributed by atoms with E-state index in [0.29, 0.717) is 17.4 Å². The number of alkyl halides is 3.